The molecule has 1 radical (unpaired) electrons. The van der Waals surface area contributed by atoms with E-state index < -0.39 is 0 Å². The first kappa shape index (κ1) is 37.2. The SMILES string of the molecule is Cc1cccc(-c2[c-]ccc(-c3cccc(-c4cccc(-c5ccc6c(c5)c5ccccc5n6-c5ccccc5)c4)c3)c2)n1.[Ir].[c-]1ccccc1-c1ccccn1. The van der Waals surface area contributed by atoms with E-state index >= 15 is 0 Å². The van der Waals surface area contributed by atoms with Crippen LogP contribution in [0.15, 0.2) is 206 Å². The molecular weight excluding hydrogens is 871 g/mol. The molecule has 0 fully saturated rings. The molecule has 0 aliphatic carbocycles. The molecule has 0 saturated heterocycles. The van der Waals surface area contributed by atoms with Crippen LogP contribution in [-0.4, -0.2) is 14.5 Å². The van der Waals surface area contributed by atoms with Crippen molar-refractivity contribution in [2.45, 2.75) is 6.92 Å². The minimum atomic E-state index is 0. The molecule has 0 N–H and O–H groups in total. The van der Waals surface area contributed by atoms with Gasteiger partial charge >= 0.3 is 0 Å². The van der Waals surface area contributed by atoms with Crippen molar-refractivity contribution >= 4 is 21.8 Å². The van der Waals surface area contributed by atoms with E-state index in [0.717, 1.165) is 33.8 Å². The van der Waals surface area contributed by atoms with Crippen LogP contribution in [-0.2, 0) is 20.1 Å². The molecular formula is C53H37IrN3-2. The largest absolute Gasteiger partial charge is 0.309 e. The van der Waals surface area contributed by atoms with Gasteiger partial charge in [0.2, 0.25) is 0 Å². The molecule has 10 aromatic rings. The van der Waals surface area contributed by atoms with E-state index in [4.69, 9.17) is 4.98 Å². The van der Waals surface area contributed by atoms with E-state index in [-0.39, 0.29) is 20.1 Å². The molecule has 0 unspecified atom stereocenters. The monoisotopic (exact) mass is 908 g/mol. The standard InChI is InChI=1S/C42H29N2.C11H8N.Ir/c1-29-11-7-21-40(43-29)36-17-10-16-34(27-36)32-14-8-12-30(25-32)31-13-9-15-33(26-31)35-23-24-42-39(28-35)38-20-5-6-22-41(38)44(42)37-18-3-2-4-19-37;1-2-6-10(7-3-1)11-8-4-5-9-12-11;/h2-16,18-28H,1H3;1-6,8-9H;/q2*-1;. The van der Waals surface area contributed by atoms with Gasteiger partial charge in [0.15, 0.2) is 0 Å². The summed E-state index contributed by atoms with van der Waals surface area (Å²) in [5, 5.41) is 2.52. The van der Waals surface area contributed by atoms with Crippen LogP contribution in [0.5, 0.6) is 0 Å². The van der Waals surface area contributed by atoms with E-state index in [1.807, 2.05) is 73.7 Å². The minimum Gasteiger partial charge on any atom is -0.309 e. The van der Waals surface area contributed by atoms with Gasteiger partial charge in [0.05, 0.1) is 11.0 Å². The zero-order valence-electron chi connectivity index (χ0n) is 31.3. The number of para-hydroxylation sites is 2. The average molecular weight is 908 g/mol. The number of nitrogens with zero attached hydrogens (tertiary/aromatic N) is 3. The van der Waals surface area contributed by atoms with Gasteiger partial charge in [-0.15, -0.1) is 71.3 Å². The first-order chi connectivity index (χ1) is 27.7. The third-order valence-electron chi connectivity index (χ3n) is 10.0. The van der Waals surface area contributed by atoms with Crippen LogP contribution in [0.3, 0.4) is 0 Å². The third kappa shape index (κ3) is 8.01. The van der Waals surface area contributed by atoms with E-state index in [1.165, 1.54) is 55.3 Å². The van der Waals surface area contributed by atoms with Gasteiger partial charge in [-0.3, -0.25) is 0 Å². The normalized spacial score (nSPS) is 10.8. The molecule has 0 aliphatic rings. The van der Waals surface area contributed by atoms with Crippen molar-refractivity contribution in [2.24, 2.45) is 0 Å². The second-order valence-corrected chi connectivity index (χ2v) is 13.7. The van der Waals surface area contributed by atoms with Gasteiger partial charge in [-0.1, -0.05) is 103 Å². The van der Waals surface area contributed by atoms with E-state index in [0.29, 0.717) is 0 Å². The van der Waals surface area contributed by atoms with Gasteiger partial charge in [-0.2, -0.15) is 0 Å². The molecule has 4 heteroatoms. The summed E-state index contributed by atoms with van der Waals surface area (Å²) in [5.74, 6) is 0. The minimum absolute atomic E-state index is 0. The number of aryl methyl sites for hydroxylation is 1. The molecule has 57 heavy (non-hydrogen) atoms. The van der Waals surface area contributed by atoms with Crippen molar-refractivity contribution in [3.63, 3.8) is 0 Å². The van der Waals surface area contributed by atoms with Crippen molar-refractivity contribution in [1.29, 1.82) is 0 Å². The van der Waals surface area contributed by atoms with Crippen LogP contribution in [0, 0.1) is 19.1 Å². The van der Waals surface area contributed by atoms with Crippen molar-refractivity contribution in [3.8, 4) is 61.6 Å². The number of hydrogen-bond donors (Lipinski definition) is 0. The van der Waals surface area contributed by atoms with Gasteiger partial charge in [0.1, 0.15) is 0 Å². The Morgan fingerprint density at radius 2 is 1.04 bits per heavy atom. The molecule has 10 rings (SSSR count). The Balaban J connectivity index is 0.000000300. The maximum Gasteiger partial charge on any atom is 0.0541 e. The molecule has 0 bridgehead atoms. The summed E-state index contributed by atoms with van der Waals surface area (Å²) in [6.07, 6.45) is 1.79. The van der Waals surface area contributed by atoms with Gasteiger partial charge < -0.3 is 14.5 Å². The molecule has 0 amide bonds. The molecule has 275 valence electrons. The van der Waals surface area contributed by atoms with Crippen LogP contribution >= 0.6 is 0 Å². The maximum atomic E-state index is 4.70. The van der Waals surface area contributed by atoms with Crippen LogP contribution in [0.1, 0.15) is 5.69 Å². The molecule has 0 saturated carbocycles. The molecule has 3 nitrogen and oxygen atoms in total. The number of fused-ring (bicyclic) bond motifs is 3. The topological polar surface area (TPSA) is 30.7 Å². The Morgan fingerprint density at radius 3 is 1.74 bits per heavy atom. The second kappa shape index (κ2) is 17.0. The summed E-state index contributed by atoms with van der Waals surface area (Å²) < 4.78 is 2.36. The summed E-state index contributed by atoms with van der Waals surface area (Å²) in [5.41, 5.74) is 15.7. The smallest absolute Gasteiger partial charge is 0.0541 e. The average Bonchev–Trinajstić information content (AvgIpc) is 3.61. The number of pyridine rings is 2. The molecule has 0 aliphatic heterocycles. The fraction of sp³-hybridized carbons (Fsp3) is 0.0189. The quantitative estimate of drug-likeness (QED) is 0.156. The van der Waals surface area contributed by atoms with Gasteiger partial charge in [0.25, 0.3) is 0 Å². The Morgan fingerprint density at radius 1 is 0.421 bits per heavy atom. The molecule has 3 heterocycles. The maximum absolute atomic E-state index is 4.70. The van der Waals surface area contributed by atoms with Gasteiger partial charge in [-0.05, 0) is 101 Å². The summed E-state index contributed by atoms with van der Waals surface area (Å²) in [6, 6.07) is 76.4. The number of rotatable bonds is 6. The van der Waals surface area contributed by atoms with Crippen LogP contribution < -0.4 is 0 Å². The second-order valence-electron chi connectivity index (χ2n) is 13.7. The Bertz CT molecular complexity index is 2880. The Labute approximate surface area is 347 Å². The van der Waals surface area contributed by atoms with Crippen LogP contribution in [0.4, 0.5) is 0 Å². The fourth-order valence-electron chi connectivity index (χ4n) is 7.33. The zero-order chi connectivity index (χ0) is 37.7. The van der Waals surface area contributed by atoms with Crippen molar-refractivity contribution < 1.29 is 20.1 Å². The molecule has 0 atom stereocenters. The van der Waals surface area contributed by atoms with Gasteiger partial charge in [0, 0.05) is 48.5 Å². The predicted octanol–water partition coefficient (Wildman–Crippen LogP) is 13.5. The summed E-state index contributed by atoms with van der Waals surface area (Å²) >= 11 is 0. The Kier molecular flexibility index (Phi) is 11.1. The van der Waals surface area contributed by atoms with Crippen LogP contribution in [0.25, 0.3) is 83.4 Å². The predicted molar refractivity (Wildman–Crippen MR) is 232 cm³/mol. The summed E-state index contributed by atoms with van der Waals surface area (Å²) in [7, 11) is 0. The number of benzene rings is 7. The first-order valence-corrected chi connectivity index (χ1v) is 18.8. The Hall–Kier alpha value is -6.71. The summed E-state index contributed by atoms with van der Waals surface area (Å²) in [4.78, 5) is 8.92. The van der Waals surface area contributed by atoms with E-state index in [2.05, 4.69) is 155 Å². The number of aromatic nitrogens is 3. The van der Waals surface area contributed by atoms with Crippen molar-refractivity contribution in [3.05, 3.63) is 224 Å². The fourth-order valence-corrected chi connectivity index (χ4v) is 7.33. The summed E-state index contributed by atoms with van der Waals surface area (Å²) in [6.45, 7) is 2.02. The van der Waals surface area contributed by atoms with E-state index in [9.17, 15) is 0 Å². The number of hydrogen-bond acceptors (Lipinski definition) is 2. The van der Waals surface area contributed by atoms with Crippen molar-refractivity contribution in [1.82, 2.24) is 14.5 Å². The van der Waals surface area contributed by atoms with Crippen molar-refractivity contribution in [2.75, 3.05) is 0 Å². The van der Waals surface area contributed by atoms with Crippen LogP contribution in [0.2, 0.25) is 0 Å². The third-order valence-corrected chi connectivity index (χ3v) is 10.0. The molecule has 0 spiro atoms. The zero-order valence-corrected chi connectivity index (χ0v) is 33.7. The van der Waals surface area contributed by atoms with E-state index in [1.54, 1.807) is 6.20 Å². The molecule has 3 aromatic heterocycles. The van der Waals surface area contributed by atoms with Gasteiger partial charge in [-0.25, -0.2) is 0 Å². The molecule has 7 aromatic carbocycles. The first-order valence-electron chi connectivity index (χ1n) is 18.8.